The normalized spacial score (nSPS) is 11.7. The number of hydrogen-bond donors (Lipinski definition) is 0. The summed E-state index contributed by atoms with van der Waals surface area (Å²) in [6, 6.07) is 5.49. The van der Waals surface area contributed by atoms with E-state index in [9.17, 15) is 4.79 Å². The molecule has 126 valence electrons. The third kappa shape index (κ3) is 6.18. The number of hydrogen-bond acceptors (Lipinski definition) is 5. The number of rotatable bonds is 9. The van der Waals surface area contributed by atoms with Gasteiger partial charge in [-0.25, -0.2) is 4.79 Å². The summed E-state index contributed by atoms with van der Waals surface area (Å²) in [6.45, 7) is 5.99. The van der Waals surface area contributed by atoms with Crippen LogP contribution in [-0.4, -0.2) is 31.9 Å². The van der Waals surface area contributed by atoms with Gasteiger partial charge < -0.3 is 14.2 Å². The van der Waals surface area contributed by atoms with Crippen molar-refractivity contribution in [1.82, 2.24) is 0 Å². The van der Waals surface area contributed by atoms with Gasteiger partial charge in [0.25, 0.3) is 0 Å². The summed E-state index contributed by atoms with van der Waals surface area (Å²) in [5.41, 5.74) is 10.1. The van der Waals surface area contributed by atoms with Gasteiger partial charge in [-0.15, -0.1) is 0 Å². The van der Waals surface area contributed by atoms with Crippen LogP contribution in [0.1, 0.15) is 31.9 Å². The summed E-state index contributed by atoms with van der Waals surface area (Å²) in [7, 11) is 1.55. The Labute approximate surface area is 136 Å². The zero-order chi connectivity index (χ0) is 17.2. The maximum atomic E-state index is 12.0. The molecule has 7 nitrogen and oxygen atoms in total. The van der Waals surface area contributed by atoms with Gasteiger partial charge in [0.15, 0.2) is 6.10 Å². The average Bonchev–Trinajstić information content (AvgIpc) is 2.52. The number of azide groups is 1. The van der Waals surface area contributed by atoms with Gasteiger partial charge >= 0.3 is 5.97 Å². The van der Waals surface area contributed by atoms with E-state index in [4.69, 9.17) is 19.7 Å². The van der Waals surface area contributed by atoms with Crippen LogP contribution in [0.4, 0.5) is 0 Å². The Kier molecular flexibility index (Phi) is 7.94. The number of carbonyl (C=O) groups is 1. The second-order valence-electron chi connectivity index (χ2n) is 5.16. The van der Waals surface area contributed by atoms with Crippen LogP contribution >= 0.6 is 0 Å². The van der Waals surface area contributed by atoms with E-state index in [0.717, 1.165) is 11.1 Å². The van der Waals surface area contributed by atoms with E-state index in [0.29, 0.717) is 18.8 Å². The maximum absolute atomic E-state index is 12.0. The minimum absolute atomic E-state index is 0.0923. The first-order valence-corrected chi connectivity index (χ1v) is 7.50. The molecule has 1 aromatic rings. The molecule has 7 heteroatoms. The van der Waals surface area contributed by atoms with Crippen LogP contribution in [0.15, 0.2) is 23.3 Å². The number of esters is 1. The van der Waals surface area contributed by atoms with Crippen LogP contribution in [0.25, 0.3) is 10.4 Å². The minimum Gasteiger partial charge on any atom is -0.496 e. The lowest BCUT2D eigenvalue weighted by Crippen LogP contribution is -2.31. The highest BCUT2D eigenvalue weighted by Gasteiger charge is 2.22. The Morgan fingerprint density at radius 3 is 2.70 bits per heavy atom. The van der Waals surface area contributed by atoms with Gasteiger partial charge in [-0.05, 0) is 37.9 Å². The molecule has 0 bridgehead atoms. The van der Waals surface area contributed by atoms with Gasteiger partial charge in [0.2, 0.25) is 0 Å². The fourth-order valence-electron chi connectivity index (χ4n) is 2.16. The Morgan fingerprint density at radius 2 is 2.13 bits per heavy atom. The molecule has 0 aliphatic heterocycles. The molecule has 0 aromatic heterocycles. The lowest BCUT2D eigenvalue weighted by molar-refractivity contribution is -0.159. The Bertz CT molecular complexity index is 568. The van der Waals surface area contributed by atoms with Crippen molar-refractivity contribution in [3.63, 3.8) is 0 Å². The van der Waals surface area contributed by atoms with Gasteiger partial charge in [-0.2, -0.15) is 0 Å². The Hall–Kier alpha value is -2.24. The van der Waals surface area contributed by atoms with Gasteiger partial charge in [0.1, 0.15) is 5.75 Å². The number of benzene rings is 1. The third-order valence-corrected chi connectivity index (χ3v) is 3.06. The van der Waals surface area contributed by atoms with Crippen molar-refractivity contribution in [2.75, 3.05) is 13.7 Å². The molecule has 0 radical (unpaired) electrons. The minimum atomic E-state index is -0.671. The zero-order valence-corrected chi connectivity index (χ0v) is 14.0. The van der Waals surface area contributed by atoms with E-state index < -0.39 is 6.10 Å². The lowest BCUT2D eigenvalue weighted by atomic mass is 10.0. The molecule has 0 saturated carbocycles. The van der Waals surface area contributed by atoms with Gasteiger partial charge in [0.05, 0.1) is 26.4 Å². The van der Waals surface area contributed by atoms with Crippen LogP contribution < -0.4 is 4.74 Å². The summed E-state index contributed by atoms with van der Waals surface area (Å²) in [6.07, 6.45) is -0.384. The first-order chi connectivity index (χ1) is 11.0. The highest BCUT2D eigenvalue weighted by molar-refractivity contribution is 5.75. The standard InChI is InChI=1S/C16H23N3O4/c1-5-22-16(20)15(23-11(2)3)9-12-6-7-14(21-4)13(8-12)10-18-19-17/h6-8,11,15H,5,9-10H2,1-4H3. The molecular weight excluding hydrogens is 298 g/mol. The fraction of sp³-hybridized carbons (Fsp3) is 0.562. The van der Waals surface area contributed by atoms with Crippen LogP contribution in [0.3, 0.4) is 0 Å². The molecule has 1 unspecified atom stereocenters. The van der Waals surface area contributed by atoms with Crippen molar-refractivity contribution in [2.24, 2.45) is 5.11 Å². The fourth-order valence-corrected chi connectivity index (χ4v) is 2.16. The Balaban J connectivity index is 2.98. The molecule has 0 aliphatic rings. The van der Waals surface area contributed by atoms with E-state index in [1.54, 1.807) is 20.1 Å². The molecule has 1 rings (SSSR count). The predicted octanol–water partition coefficient (Wildman–Crippen LogP) is 3.40. The number of carbonyl (C=O) groups excluding carboxylic acids is 1. The van der Waals surface area contributed by atoms with Crippen molar-refractivity contribution >= 4 is 5.97 Å². The number of ether oxygens (including phenoxy) is 3. The van der Waals surface area contributed by atoms with Gasteiger partial charge in [-0.1, -0.05) is 17.2 Å². The average molecular weight is 321 g/mol. The third-order valence-electron chi connectivity index (χ3n) is 3.06. The van der Waals surface area contributed by atoms with Crippen LogP contribution in [0.5, 0.6) is 5.75 Å². The number of nitrogens with zero attached hydrogens (tertiary/aromatic N) is 3. The number of methoxy groups -OCH3 is 1. The monoisotopic (exact) mass is 321 g/mol. The maximum Gasteiger partial charge on any atom is 0.335 e. The molecule has 1 aromatic carbocycles. The quantitative estimate of drug-likeness (QED) is 0.301. The van der Waals surface area contributed by atoms with Crippen LogP contribution in [-0.2, 0) is 27.2 Å². The molecule has 0 aliphatic carbocycles. The second-order valence-corrected chi connectivity index (χ2v) is 5.16. The molecule has 1 atom stereocenters. The molecule has 23 heavy (non-hydrogen) atoms. The summed E-state index contributed by atoms with van der Waals surface area (Å²) in [5, 5.41) is 3.56. The molecule has 0 spiro atoms. The van der Waals surface area contributed by atoms with E-state index in [-0.39, 0.29) is 18.6 Å². The van der Waals surface area contributed by atoms with Crippen molar-refractivity contribution in [1.29, 1.82) is 0 Å². The summed E-state index contributed by atoms with van der Waals surface area (Å²) in [5.74, 6) is 0.257. The molecule has 0 fully saturated rings. The van der Waals surface area contributed by atoms with E-state index in [1.165, 1.54) is 0 Å². The topological polar surface area (TPSA) is 93.5 Å². The van der Waals surface area contributed by atoms with Crippen molar-refractivity contribution in [3.8, 4) is 5.75 Å². The van der Waals surface area contributed by atoms with Crippen LogP contribution in [0.2, 0.25) is 0 Å². The molecule has 0 saturated heterocycles. The molecule has 0 N–H and O–H groups in total. The molecule has 0 amide bonds. The highest BCUT2D eigenvalue weighted by Crippen LogP contribution is 2.22. The predicted molar refractivity (Wildman–Crippen MR) is 86.2 cm³/mol. The molecular formula is C16H23N3O4. The molecule has 0 heterocycles. The first kappa shape index (κ1) is 18.8. The largest absolute Gasteiger partial charge is 0.496 e. The first-order valence-electron chi connectivity index (χ1n) is 7.50. The Morgan fingerprint density at radius 1 is 1.39 bits per heavy atom. The summed E-state index contributed by atoms with van der Waals surface area (Å²) >= 11 is 0. The van der Waals surface area contributed by atoms with E-state index in [2.05, 4.69) is 10.0 Å². The van der Waals surface area contributed by atoms with Crippen LogP contribution in [0, 0.1) is 0 Å². The van der Waals surface area contributed by atoms with Crippen molar-refractivity contribution < 1.29 is 19.0 Å². The zero-order valence-electron chi connectivity index (χ0n) is 14.0. The van der Waals surface area contributed by atoms with E-state index in [1.807, 2.05) is 26.0 Å². The second kappa shape index (κ2) is 9.71. The van der Waals surface area contributed by atoms with Crippen molar-refractivity contribution in [2.45, 2.75) is 45.9 Å². The smallest absolute Gasteiger partial charge is 0.335 e. The van der Waals surface area contributed by atoms with Crippen molar-refractivity contribution in [3.05, 3.63) is 39.8 Å². The SMILES string of the molecule is CCOC(=O)C(Cc1ccc(OC)c(CN=[N+]=[N-])c1)OC(C)C. The van der Waals surface area contributed by atoms with E-state index >= 15 is 0 Å². The summed E-state index contributed by atoms with van der Waals surface area (Å²) < 4.78 is 16.0. The van der Waals surface area contributed by atoms with Gasteiger partial charge in [-0.3, -0.25) is 0 Å². The lowest BCUT2D eigenvalue weighted by Gasteiger charge is -2.19. The highest BCUT2D eigenvalue weighted by atomic mass is 16.6. The summed E-state index contributed by atoms with van der Waals surface area (Å²) in [4.78, 5) is 14.8. The van der Waals surface area contributed by atoms with Gasteiger partial charge in [0, 0.05) is 16.9 Å².